The Morgan fingerprint density at radius 1 is 0.970 bits per heavy atom. The maximum absolute atomic E-state index is 5.83. The monoisotopic (exact) mass is 478 g/mol. The molecule has 170 valence electrons. The molecule has 3 heterocycles. The number of rotatable bonds is 3. The number of halogens is 1. The van der Waals surface area contributed by atoms with E-state index in [1.807, 2.05) is 29.5 Å². The third kappa shape index (κ3) is 3.94. The highest BCUT2D eigenvalue weighted by atomic mass is 35.5. The predicted molar refractivity (Wildman–Crippen MR) is 129 cm³/mol. The van der Waals surface area contributed by atoms with E-state index in [4.69, 9.17) is 19.2 Å². The zero-order valence-electron chi connectivity index (χ0n) is 18.7. The van der Waals surface area contributed by atoms with Crippen molar-refractivity contribution < 1.29 is 26.6 Å². The van der Waals surface area contributed by atoms with Gasteiger partial charge in [-0.2, -0.15) is 0 Å². The van der Waals surface area contributed by atoms with Gasteiger partial charge in [-0.15, -0.1) is 11.3 Å². The van der Waals surface area contributed by atoms with Gasteiger partial charge in [0, 0.05) is 15.8 Å². The van der Waals surface area contributed by atoms with E-state index >= 15 is 0 Å². The highest BCUT2D eigenvalue weighted by molar-refractivity contribution is 7.19. The summed E-state index contributed by atoms with van der Waals surface area (Å²) in [5.41, 5.74) is 5.94. The average molecular weight is 479 g/mol. The van der Waals surface area contributed by atoms with Gasteiger partial charge in [0.1, 0.15) is 23.8 Å². The highest BCUT2D eigenvalue weighted by Gasteiger charge is 2.24. The first-order valence-electron chi connectivity index (χ1n) is 11.2. The summed E-state index contributed by atoms with van der Waals surface area (Å²) in [4.78, 5) is 7.77. The van der Waals surface area contributed by atoms with Gasteiger partial charge in [-0.1, -0.05) is 19.1 Å². The molecule has 33 heavy (non-hydrogen) atoms. The summed E-state index contributed by atoms with van der Waals surface area (Å²) in [6, 6.07) is 16.7. The van der Waals surface area contributed by atoms with Crippen LogP contribution in [-0.4, -0.2) is 25.3 Å². The highest BCUT2D eigenvalue weighted by Crippen LogP contribution is 2.44. The Labute approximate surface area is 203 Å². The third-order valence-corrected chi connectivity index (χ3v) is 7.65. The quantitative estimate of drug-likeness (QED) is 0.451. The molecule has 0 saturated carbocycles. The summed E-state index contributed by atoms with van der Waals surface area (Å²) < 4.78 is 16.9. The maximum atomic E-state index is 5.83. The molecule has 6 heteroatoms. The molecular weight excluding hydrogens is 454 g/mol. The zero-order chi connectivity index (χ0) is 21.7. The molecule has 0 bridgehead atoms. The molecule has 1 aliphatic heterocycles. The number of benzene rings is 2. The Morgan fingerprint density at radius 2 is 1.73 bits per heavy atom. The van der Waals surface area contributed by atoms with Gasteiger partial charge in [0.05, 0.1) is 12.8 Å². The van der Waals surface area contributed by atoms with Crippen LogP contribution in [-0.2, 0) is 12.8 Å². The van der Waals surface area contributed by atoms with E-state index in [9.17, 15) is 0 Å². The SMILES string of the molecule is COc1ccc(-c2cc(-c3ccc4c(c3)OCCO4)nc3sc4c(c23)CCC(C)C4)cc1.[Cl-]. The summed E-state index contributed by atoms with van der Waals surface area (Å²) >= 11 is 1.87. The van der Waals surface area contributed by atoms with Crippen molar-refractivity contribution in [2.24, 2.45) is 5.92 Å². The normalized spacial score (nSPS) is 16.7. The first-order valence-corrected chi connectivity index (χ1v) is 12.0. The van der Waals surface area contributed by atoms with Crippen molar-refractivity contribution in [3.63, 3.8) is 0 Å². The van der Waals surface area contributed by atoms with Crippen molar-refractivity contribution in [1.82, 2.24) is 4.98 Å². The smallest absolute Gasteiger partial charge is 0.162 e. The molecule has 0 N–H and O–H groups in total. The molecule has 6 rings (SSSR count). The van der Waals surface area contributed by atoms with E-state index in [0.717, 1.165) is 52.1 Å². The van der Waals surface area contributed by atoms with Crippen LogP contribution in [0.4, 0.5) is 0 Å². The Hall–Kier alpha value is -2.76. The number of fused-ring (bicyclic) bond motifs is 4. The van der Waals surface area contributed by atoms with Gasteiger partial charge in [-0.3, -0.25) is 0 Å². The van der Waals surface area contributed by atoms with Crippen LogP contribution in [0.1, 0.15) is 23.8 Å². The van der Waals surface area contributed by atoms with Crippen LogP contribution in [0.15, 0.2) is 48.5 Å². The van der Waals surface area contributed by atoms with E-state index < -0.39 is 0 Å². The average Bonchev–Trinajstić information content (AvgIpc) is 3.20. The van der Waals surface area contributed by atoms with E-state index in [0.29, 0.717) is 13.2 Å². The van der Waals surface area contributed by atoms with Crippen LogP contribution < -0.4 is 26.6 Å². The second-order valence-corrected chi connectivity index (χ2v) is 9.76. The Kier molecular flexibility index (Phi) is 5.94. The van der Waals surface area contributed by atoms with Gasteiger partial charge in [0.15, 0.2) is 11.5 Å². The standard InChI is InChI=1S/C27H25NO3S.ClH/c1-16-3-9-20-25(13-16)32-27-26(20)21(17-4-7-19(29-2)8-5-17)15-22(28-27)18-6-10-23-24(14-18)31-12-11-30-23;/h4-8,10,14-16H,3,9,11-13H2,1-2H3;1H/p-1. The van der Waals surface area contributed by atoms with E-state index in [-0.39, 0.29) is 12.4 Å². The molecule has 2 aromatic heterocycles. The number of hydrogen-bond acceptors (Lipinski definition) is 5. The number of aromatic nitrogens is 1. The van der Waals surface area contributed by atoms with Gasteiger partial charge in [-0.25, -0.2) is 4.98 Å². The Balaban J connectivity index is 0.00000228. The predicted octanol–water partition coefficient (Wildman–Crippen LogP) is 3.54. The van der Waals surface area contributed by atoms with Crippen LogP contribution in [0.5, 0.6) is 17.2 Å². The summed E-state index contributed by atoms with van der Waals surface area (Å²) in [6.45, 7) is 3.53. The fourth-order valence-corrected chi connectivity index (χ4v) is 6.20. The van der Waals surface area contributed by atoms with Crippen molar-refractivity contribution in [1.29, 1.82) is 0 Å². The number of pyridine rings is 1. The van der Waals surface area contributed by atoms with E-state index in [1.165, 1.54) is 33.4 Å². The van der Waals surface area contributed by atoms with Gasteiger partial charge in [-0.05, 0) is 78.3 Å². The lowest BCUT2D eigenvalue weighted by Crippen LogP contribution is -3.00. The van der Waals surface area contributed by atoms with Crippen LogP contribution in [0.2, 0.25) is 0 Å². The largest absolute Gasteiger partial charge is 1.00 e. The third-order valence-electron chi connectivity index (χ3n) is 6.50. The molecule has 4 aromatic rings. The van der Waals surface area contributed by atoms with Gasteiger partial charge in [0.2, 0.25) is 0 Å². The second-order valence-electron chi connectivity index (χ2n) is 8.67. The van der Waals surface area contributed by atoms with Crippen molar-refractivity contribution in [2.75, 3.05) is 20.3 Å². The van der Waals surface area contributed by atoms with Gasteiger partial charge < -0.3 is 26.6 Å². The van der Waals surface area contributed by atoms with E-state index in [1.54, 1.807) is 7.11 Å². The topological polar surface area (TPSA) is 40.6 Å². The van der Waals surface area contributed by atoms with Crippen LogP contribution in [0.25, 0.3) is 32.6 Å². The van der Waals surface area contributed by atoms with Crippen LogP contribution >= 0.6 is 11.3 Å². The number of nitrogens with zero attached hydrogens (tertiary/aromatic N) is 1. The van der Waals surface area contributed by atoms with Crippen molar-refractivity contribution >= 4 is 21.6 Å². The van der Waals surface area contributed by atoms with E-state index in [2.05, 4.69) is 37.3 Å². The molecule has 2 aliphatic rings. The molecule has 0 spiro atoms. The number of aryl methyl sites for hydroxylation is 1. The van der Waals surface area contributed by atoms with Crippen molar-refractivity contribution in [3.8, 4) is 39.6 Å². The van der Waals surface area contributed by atoms with Crippen LogP contribution in [0.3, 0.4) is 0 Å². The lowest BCUT2D eigenvalue weighted by Gasteiger charge is -2.19. The first kappa shape index (κ1) is 22.1. The molecule has 0 fully saturated rings. The maximum Gasteiger partial charge on any atom is 0.162 e. The van der Waals surface area contributed by atoms with Crippen LogP contribution in [0, 0.1) is 5.92 Å². The van der Waals surface area contributed by atoms with Crippen molar-refractivity contribution in [3.05, 3.63) is 59.0 Å². The molecule has 0 saturated heterocycles. The lowest BCUT2D eigenvalue weighted by molar-refractivity contribution is -0.00000723. The second kappa shape index (κ2) is 8.88. The lowest BCUT2D eigenvalue weighted by atomic mass is 9.87. The Morgan fingerprint density at radius 3 is 2.52 bits per heavy atom. The summed E-state index contributed by atoms with van der Waals surface area (Å²) in [5.74, 6) is 3.20. The number of hydrogen-bond donors (Lipinski definition) is 0. The molecule has 0 amide bonds. The zero-order valence-corrected chi connectivity index (χ0v) is 20.3. The number of methoxy groups -OCH3 is 1. The minimum atomic E-state index is 0. The molecular formula is C27H25ClNO3S-. The fourth-order valence-electron chi connectivity index (χ4n) is 4.79. The minimum absolute atomic E-state index is 0. The molecule has 1 atom stereocenters. The molecule has 0 radical (unpaired) electrons. The van der Waals surface area contributed by atoms with Gasteiger partial charge in [0.25, 0.3) is 0 Å². The number of ether oxygens (including phenoxy) is 3. The molecule has 4 nitrogen and oxygen atoms in total. The molecule has 1 aliphatic carbocycles. The summed E-state index contributed by atoms with van der Waals surface area (Å²) in [7, 11) is 1.70. The first-order chi connectivity index (χ1) is 15.7. The summed E-state index contributed by atoms with van der Waals surface area (Å²) in [5, 5.41) is 1.32. The minimum Gasteiger partial charge on any atom is -1.00 e. The molecule has 2 aromatic carbocycles. The van der Waals surface area contributed by atoms with Crippen molar-refractivity contribution in [2.45, 2.75) is 26.2 Å². The van der Waals surface area contributed by atoms with Gasteiger partial charge >= 0.3 is 0 Å². The Bertz CT molecular complexity index is 1320. The molecule has 1 unspecified atom stereocenters. The fraction of sp³-hybridized carbons (Fsp3) is 0.296. The number of thiophene rings is 1. The summed E-state index contributed by atoms with van der Waals surface area (Å²) in [6.07, 6.45) is 3.52.